The molecule has 1 aromatic rings. The van der Waals surface area contributed by atoms with Crippen LogP contribution in [0.3, 0.4) is 0 Å². The lowest BCUT2D eigenvalue weighted by Crippen LogP contribution is -2.17. The van der Waals surface area contributed by atoms with E-state index >= 15 is 0 Å². The summed E-state index contributed by atoms with van der Waals surface area (Å²) in [6.07, 6.45) is 0. The first-order valence-corrected chi connectivity index (χ1v) is 7.57. The molecule has 0 atom stereocenters. The smallest absolute Gasteiger partial charge is 0.251 e. The van der Waals surface area contributed by atoms with Crippen LogP contribution in [-0.2, 0) is 14.2 Å². The van der Waals surface area contributed by atoms with E-state index in [1.807, 2.05) is 0 Å². The Bertz CT molecular complexity index is 423. The predicted octanol–water partition coefficient (Wildman–Crippen LogP) is 0.467. The number of carbonyl (C=O) groups excluding carboxylic acids is 1. The number of rotatable bonds is 13. The minimum absolute atomic E-state index is 0.0254. The number of ether oxygens (including phenoxy) is 4. The Labute approximate surface area is 136 Å². The highest BCUT2D eigenvalue weighted by molar-refractivity contribution is 5.94. The van der Waals surface area contributed by atoms with Crippen molar-refractivity contribution >= 4 is 5.91 Å². The summed E-state index contributed by atoms with van der Waals surface area (Å²) in [7, 11) is 1.59. The molecule has 0 aliphatic heterocycles. The number of carbonyl (C=O) groups is 1. The van der Waals surface area contributed by atoms with Gasteiger partial charge in [-0.2, -0.15) is 0 Å². The number of hydrogen-bond donors (Lipinski definition) is 2. The summed E-state index contributed by atoms with van der Waals surface area (Å²) in [6.45, 7) is 3.18. The number of hydrogen-bond acceptors (Lipinski definition) is 6. The van der Waals surface area contributed by atoms with Crippen LogP contribution in [0.5, 0.6) is 5.75 Å². The highest BCUT2D eigenvalue weighted by atomic mass is 16.6. The van der Waals surface area contributed by atoms with Crippen LogP contribution in [0.2, 0.25) is 0 Å². The molecule has 1 rings (SSSR count). The topological polar surface area (TPSA) is 86.3 Å². The van der Waals surface area contributed by atoms with Crippen LogP contribution in [0.15, 0.2) is 24.3 Å². The van der Waals surface area contributed by atoms with Crippen LogP contribution in [0, 0.1) is 0 Å². The predicted molar refractivity (Wildman–Crippen MR) is 84.9 cm³/mol. The lowest BCUT2D eigenvalue weighted by atomic mass is 10.2. The first kappa shape index (κ1) is 19.4. The van der Waals surface area contributed by atoms with Gasteiger partial charge in [0.1, 0.15) is 12.4 Å². The summed E-state index contributed by atoms with van der Waals surface area (Å²) in [4.78, 5) is 11.4. The zero-order valence-corrected chi connectivity index (χ0v) is 13.5. The Kier molecular flexibility index (Phi) is 10.8. The van der Waals surface area contributed by atoms with Crippen molar-refractivity contribution in [1.82, 2.24) is 5.32 Å². The van der Waals surface area contributed by atoms with Crippen molar-refractivity contribution in [3.05, 3.63) is 29.8 Å². The van der Waals surface area contributed by atoms with Crippen LogP contribution < -0.4 is 10.1 Å². The van der Waals surface area contributed by atoms with E-state index in [9.17, 15) is 4.79 Å². The quantitative estimate of drug-likeness (QED) is 0.512. The second-order valence-corrected chi connectivity index (χ2v) is 4.51. The van der Waals surface area contributed by atoms with E-state index in [0.29, 0.717) is 57.6 Å². The zero-order chi connectivity index (χ0) is 16.8. The van der Waals surface area contributed by atoms with Crippen molar-refractivity contribution in [2.45, 2.75) is 0 Å². The molecule has 0 spiro atoms. The number of aliphatic hydroxyl groups is 1. The fourth-order valence-electron chi connectivity index (χ4n) is 1.67. The molecular formula is C16H25NO6. The molecule has 2 N–H and O–H groups in total. The van der Waals surface area contributed by atoms with E-state index < -0.39 is 0 Å². The summed E-state index contributed by atoms with van der Waals surface area (Å²) in [5.74, 6) is 0.570. The maximum atomic E-state index is 11.4. The van der Waals surface area contributed by atoms with Gasteiger partial charge < -0.3 is 29.4 Å². The van der Waals surface area contributed by atoms with Crippen LogP contribution in [0.4, 0.5) is 0 Å². The van der Waals surface area contributed by atoms with E-state index in [1.54, 1.807) is 31.3 Å². The van der Waals surface area contributed by atoms with Gasteiger partial charge in [-0.15, -0.1) is 0 Å². The molecule has 130 valence electrons. The Morgan fingerprint density at radius 1 is 0.913 bits per heavy atom. The minimum Gasteiger partial charge on any atom is -0.491 e. The highest BCUT2D eigenvalue weighted by Gasteiger charge is 2.02. The van der Waals surface area contributed by atoms with Crippen LogP contribution >= 0.6 is 0 Å². The molecule has 0 unspecified atom stereocenters. The second-order valence-electron chi connectivity index (χ2n) is 4.51. The van der Waals surface area contributed by atoms with Gasteiger partial charge in [0.15, 0.2) is 0 Å². The Hall–Kier alpha value is -1.67. The summed E-state index contributed by atoms with van der Waals surface area (Å²) < 4.78 is 21.2. The molecule has 0 aliphatic rings. The number of amides is 1. The second kappa shape index (κ2) is 12.8. The molecule has 1 aromatic carbocycles. The van der Waals surface area contributed by atoms with Gasteiger partial charge in [0.05, 0.1) is 46.2 Å². The SMILES string of the molecule is CNC(=O)c1ccc(OCCOCCOCCOCCO)cc1. The molecule has 1 amide bonds. The van der Waals surface area contributed by atoms with E-state index in [2.05, 4.69) is 5.32 Å². The van der Waals surface area contributed by atoms with Gasteiger partial charge in [0, 0.05) is 12.6 Å². The van der Waals surface area contributed by atoms with Gasteiger partial charge in [-0.3, -0.25) is 4.79 Å². The summed E-state index contributed by atoms with van der Waals surface area (Å²) in [5, 5.41) is 11.1. The summed E-state index contributed by atoms with van der Waals surface area (Å²) >= 11 is 0. The maximum absolute atomic E-state index is 11.4. The lowest BCUT2D eigenvalue weighted by molar-refractivity contribution is 0.00361. The van der Waals surface area contributed by atoms with E-state index in [1.165, 1.54) is 0 Å². The van der Waals surface area contributed by atoms with E-state index in [-0.39, 0.29) is 12.5 Å². The van der Waals surface area contributed by atoms with E-state index in [4.69, 9.17) is 24.1 Å². The van der Waals surface area contributed by atoms with Crippen molar-refractivity contribution in [3.8, 4) is 5.75 Å². The molecule has 7 heteroatoms. The minimum atomic E-state index is -0.123. The molecule has 0 bridgehead atoms. The fourth-order valence-corrected chi connectivity index (χ4v) is 1.67. The van der Waals surface area contributed by atoms with Crippen molar-refractivity contribution in [2.24, 2.45) is 0 Å². The fraction of sp³-hybridized carbons (Fsp3) is 0.562. The van der Waals surface area contributed by atoms with Crippen LogP contribution in [-0.4, -0.2) is 70.9 Å². The van der Waals surface area contributed by atoms with Gasteiger partial charge in [-0.05, 0) is 24.3 Å². The van der Waals surface area contributed by atoms with Gasteiger partial charge in [0.25, 0.3) is 5.91 Å². The molecule has 0 fully saturated rings. The molecule has 0 saturated heterocycles. The van der Waals surface area contributed by atoms with Crippen molar-refractivity contribution in [1.29, 1.82) is 0 Å². The molecule has 23 heavy (non-hydrogen) atoms. The van der Waals surface area contributed by atoms with Crippen molar-refractivity contribution in [2.75, 3.05) is 59.9 Å². The van der Waals surface area contributed by atoms with Gasteiger partial charge in [0.2, 0.25) is 0 Å². The van der Waals surface area contributed by atoms with Gasteiger partial charge in [-0.1, -0.05) is 0 Å². The number of benzene rings is 1. The molecule has 0 heterocycles. The third-order valence-electron chi connectivity index (χ3n) is 2.82. The molecule has 0 radical (unpaired) electrons. The Balaban J connectivity index is 1.97. The largest absolute Gasteiger partial charge is 0.491 e. The average Bonchev–Trinajstić information content (AvgIpc) is 2.59. The lowest BCUT2D eigenvalue weighted by Gasteiger charge is -2.08. The van der Waals surface area contributed by atoms with Crippen LogP contribution in [0.1, 0.15) is 10.4 Å². The normalized spacial score (nSPS) is 10.5. The van der Waals surface area contributed by atoms with Crippen molar-refractivity contribution < 1.29 is 28.8 Å². The first-order chi connectivity index (χ1) is 11.3. The standard InChI is InChI=1S/C16H25NO6/c1-17-16(19)14-2-4-15(5-3-14)23-13-12-22-11-10-21-9-8-20-7-6-18/h2-5,18H,6-13H2,1H3,(H,17,19). The molecular weight excluding hydrogens is 302 g/mol. The third-order valence-corrected chi connectivity index (χ3v) is 2.82. The summed E-state index contributed by atoms with van der Waals surface area (Å²) in [6, 6.07) is 6.92. The van der Waals surface area contributed by atoms with Gasteiger partial charge in [-0.25, -0.2) is 0 Å². The number of nitrogens with one attached hydrogen (secondary N) is 1. The monoisotopic (exact) mass is 327 g/mol. The average molecular weight is 327 g/mol. The van der Waals surface area contributed by atoms with Crippen LogP contribution in [0.25, 0.3) is 0 Å². The molecule has 7 nitrogen and oxygen atoms in total. The third kappa shape index (κ3) is 9.14. The molecule has 0 saturated carbocycles. The van der Waals surface area contributed by atoms with Crippen molar-refractivity contribution in [3.63, 3.8) is 0 Å². The summed E-state index contributed by atoms with van der Waals surface area (Å²) in [5.41, 5.74) is 0.594. The number of aliphatic hydroxyl groups excluding tert-OH is 1. The first-order valence-electron chi connectivity index (χ1n) is 7.57. The maximum Gasteiger partial charge on any atom is 0.251 e. The highest BCUT2D eigenvalue weighted by Crippen LogP contribution is 2.11. The van der Waals surface area contributed by atoms with E-state index in [0.717, 1.165) is 0 Å². The molecule has 0 aliphatic carbocycles. The Morgan fingerprint density at radius 2 is 1.43 bits per heavy atom. The Morgan fingerprint density at radius 3 is 1.96 bits per heavy atom. The van der Waals surface area contributed by atoms with Gasteiger partial charge >= 0.3 is 0 Å². The zero-order valence-electron chi connectivity index (χ0n) is 13.5. The molecule has 0 aromatic heterocycles.